The van der Waals surface area contributed by atoms with Crippen LogP contribution < -0.4 is 4.90 Å². The van der Waals surface area contributed by atoms with Crippen molar-refractivity contribution < 1.29 is 14.3 Å². The van der Waals surface area contributed by atoms with Crippen molar-refractivity contribution in [3.63, 3.8) is 0 Å². The molecule has 4 nitrogen and oxygen atoms in total. The Kier molecular flexibility index (Phi) is 5.78. The molecule has 0 N–H and O–H groups in total. The summed E-state index contributed by atoms with van der Waals surface area (Å²) in [6.07, 6.45) is 5.69. The van der Waals surface area contributed by atoms with E-state index in [1.54, 1.807) is 6.92 Å². The van der Waals surface area contributed by atoms with Gasteiger partial charge in [-0.1, -0.05) is 25.0 Å². The third-order valence-corrected chi connectivity index (χ3v) is 3.90. The Bertz CT molecular complexity index is 461. The second-order valence-corrected chi connectivity index (χ2v) is 5.36. The summed E-state index contributed by atoms with van der Waals surface area (Å²) >= 11 is 0. The minimum absolute atomic E-state index is 0.287. The molecular weight excluding hydrogens is 266 g/mol. The Balaban J connectivity index is 2.09. The molecule has 1 aliphatic heterocycles. The summed E-state index contributed by atoms with van der Waals surface area (Å²) in [5, 5.41) is 0. The average molecular weight is 289 g/mol. The van der Waals surface area contributed by atoms with Crippen molar-refractivity contribution in [1.82, 2.24) is 0 Å². The zero-order valence-corrected chi connectivity index (χ0v) is 12.6. The predicted molar refractivity (Wildman–Crippen MR) is 82.6 cm³/mol. The van der Waals surface area contributed by atoms with Crippen molar-refractivity contribution >= 4 is 17.9 Å². The van der Waals surface area contributed by atoms with Gasteiger partial charge in [0.1, 0.15) is 12.2 Å². The first-order valence-corrected chi connectivity index (χ1v) is 7.73. The monoisotopic (exact) mass is 289 g/mol. The zero-order chi connectivity index (χ0) is 15.1. The van der Waals surface area contributed by atoms with E-state index in [-0.39, 0.29) is 6.61 Å². The third-order valence-electron chi connectivity index (χ3n) is 3.90. The maximum Gasteiger partial charge on any atom is 0.320 e. The molecule has 114 valence electrons. The van der Waals surface area contributed by atoms with Crippen molar-refractivity contribution in [2.45, 2.75) is 38.5 Å². The van der Waals surface area contributed by atoms with Gasteiger partial charge in [-0.25, -0.2) is 0 Å². The molecule has 1 saturated heterocycles. The van der Waals surface area contributed by atoms with Crippen molar-refractivity contribution in [3.8, 4) is 0 Å². The van der Waals surface area contributed by atoms with Crippen molar-refractivity contribution in [1.29, 1.82) is 0 Å². The fourth-order valence-corrected chi connectivity index (χ4v) is 2.72. The molecule has 1 aliphatic rings. The van der Waals surface area contributed by atoms with Crippen LogP contribution in [0.25, 0.3) is 0 Å². The highest BCUT2D eigenvalue weighted by Gasteiger charge is 2.21. The number of carbonyl (C=O) groups is 2. The summed E-state index contributed by atoms with van der Waals surface area (Å²) in [5.41, 5.74) is 1.86. The minimum Gasteiger partial charge on any atom is -0.465 e. The highest BCUT2D eigenvalue weighted by Crippen LogP contribution is 2.23. The topological polar surface area (TPSA) is 46.6 Å². The Morgan fingerprint density at radius 2 is 1.81 bits per heavy atom. The quantitative estimate of drug-likeness (QED) is 0.475. The summed E-state index contributed by atoms with van der Waals surface area (Å²) in [6, 6.07) is 7.71. The number of benzene rings is 1. The van der Waals surface area contributed by atoms with Crippen LogP contribution in [0, 0.1) is 0 Å². The molecule has 0 bridgehead atoms. The van der Waals surface area contributed by atoms with E-state index >= 15 is 0 Å². The first-order valence-electron chi connectivity index (χ1n) is 7.73. The second kappa shape index (κ2) is 7.81. The molecule has 1 atom stereocenters. The molecule has 4 heteroatoms. The molecule has 1 aromatic rings. The van der Waals surface area contributed by atoms with Gasteiger partial charge in [-0.2, -0.15) is 0 Å². The lowest BCUT2D eigenvalue weighted by molar-refractivity contribution is -0.146. The number of ether oxygens (including phenoxy) is 1. The maximum absolute atomic E-state index is 11.7. The van der Waals surface area contributed by atoms with Gasteiger partial charge in [0.05, 0.1) is 6.61 Å². The van der Waals surface area contributed by atoms with E-state index in [4.69, 9.17) is 4.74 Å². The molecule has 0 aromatic heterocycles. The van der Waals surface area contributed by atoms with Gasteiger partial charge in [0, 0.05) is 18.8 Å². The summed E-state index contributed by atoms with van der Waals surface area (Å²) in [6.45, 7) is 4.18. The molecule has 0 amide bonds. The number of anilines is 1. The highest BCUT2D eigenvalue weighted by molar-refractivity contribution is 5.94. The smallest absolute Gasteiger partial charge is 0.320 e. The van der Waals surface area contributed by atoms with E-state index in [0.29, 0.717) is 11.8 Å². The number of nitrogens with zero attached hydrogens (tertiary/aromatic N) is 1. The molecule has 0 saturated carbocycles. The molecule has 0 spiro atoms. The van der Waals surface area contributed by atoms with Gasteiger partial charge in [-0.3, -0.25) is 4.79 Å². The lowest BCUT2D eigenvalue weighted by Gasteiger charge is -2.23. The largest absolute Gasteiger partial charge is 0.465 e. The molecule has 1 aromatic carbocycles. The average Bonchev–Trinajstić information content (AvgIpc) is 2.78. The van der Waals surface area contributed by atoms with Crippen molar-refractivity contribution in [2.24, 2.45) is 0 Å². The fraction of sp³-hybridized carbons (Fsp3) is 0.529. The van der Waals surface area contributed by atoms with E-state index in [2.05, 4.69) is 4.90 Å². The molecule has 1 unspecified atom stereocenters. The molecule has 2 rings (SSSR count). The van der Waals surface area contributed by atoms with Gasteiger partial charge in [-0.15, -0.1) is 0 Å². The second-order valence-electron chi connectivity index (χ2n) is 5.36. The van der Waals surface area contributed by atoms with Gasteiger partial charge in [0.25, 0.3) is 0 Å². The first kappa shape index (κ1) is 15.5. The van der Waals surface area contributed by atoms with E-state index in [9.17, 15) is 9.59 Å². The summed E-state index contributed by atoms with van der Waals surface area (Å²) < 4.78 is 4.93. The summed E-state index contributed by atoms with van der Waals surface area (Å²) in [4.78, 5) is 25.3. The van der Waals surface area contributed by atoms with Gasteiger partial charge in [0.15, 0.2) is 0 Å². The first-order chi connectivity index (χ1) is 10.3. The van der Waals surface area contributed by atoms with Gasteiger partial charge >= 0.3 is 5.97 Å². The molecule has 0 radical (unpaired) electrons. The van der Waals surface area contributed by atoms with E-state index in [1.165, 1.54) is 25.7 Å². The van der Waals surface area contributed by atoms with Crippen LogP contribution in [0.2, 0.25) is 0 Å². The number of aldehydes is 1. The predicted octanol–water partition coefficient (Wildman–Crippen LogP) is 2.91. The van der Waals surface area contributed by atoms with Gasteiger partial charge < -0.3 is 14.4 Å². The van der Waals surface area contributed by atoms with Crippen LogP contribution in [-0.2, 0) is 14.3 Å². The lowest BCUT2D eigenvalue weighted by atomic mass is 10.0. The van der Waals surface area contributed by atoms with Gasteiger partial charge in [0.2, 0.25) is 0 Å². The number of carbonyl (C=O) groups excluding carboxylic acids is 2. The zero-order valence-electron chi connectivity index (χ0n) is 12.6. The van der Waals surface area contributed by atoms with E-state index in [1.807, 2.05) is 24.3 Å². The van der Waals surface area contributed by atoms with Crippen molar-refractivity contribution in [3.05, 3.63) is 29.8 Å². The van der Waals surface area contributed by atoms with Gasteiger partial charge in [-0.05, 0) is 37.5 Å². The maximum atomic E-state index is 11.7. The highest BCUT2D eigenvalue weighted by atomic mass is 16.5. The Morgan fingerprint density at radius 3 is 2.33 bits per heavy atom. The van der Waals surface area contributed by atoms with Crippen LogP contribution in [-0.4, -0.2) is 32.0 Å². The number of hydrogen-bond donors (Lipinski definition) is 0. The molecular formula is C17H23NO3. The Morgan fingerprint density at radius 1 is 1.19 bits per heavy atom. The van der Waals surface area contributed by atoms with Crippen LogP contribution >= 0.6 is 0 Å². The lowest BCUT2D eigenvalue weighted by Crippen LogP contribution is -2.24. The number of rotatable bonds is 5. The van der Waals surface area contributed by atoms with E-state index in [0.717, 1.165) is 18.8 Å². The van der Waals surface area contributed by atoms with Crippen LogP contribution in [0.1, 0.15) is 44.1 Å². The third kappa shape index (κ3) is 4.06. The van der Waals surface area contributed by atoms with Crippen LogP contribution in [0.15, 0.2) is 24.3 Å². The van der Waals surface area contributed by atoms with Crippen LogP contribution in [0.4, 0.5) is 5.69 Å². The number of hydrogen-bond acceptors (Lipinski definition) is 4. The molecule has 0 aliphatic carbocycles. The minimum atomic E-state index is -0.817. The number of esters is 1. The summed E-state index contributed by atoms with van der Waals surface area (Å²) in [5.74, 6) is -1.29. The Hall–Kier alpha value is -1.84. The standard InChI is InChI=1S/C17H23NO3/c1-2-21-17(20)16(13-19)14-7-9-15(10-8-14)18-11-5-3-4-6-12-18/h7-10,13,16H,2-6,11-12H2,1H3. The Labute approximate surface area is 126 Å². The molecule has 21 heavy (non-hydrogen) atoms. The van der Waals surface area contributed by atoms with Crippen LogP contribution in [0.3, 0.4) is 0 Å². The molecule has 1 fully saturated rings. The van der Waals surface area contributed by atoms with Crippen molar-refractivity contribution in [2.75, 3.05) is 24.6 Å². The van der Waals surface area contributed by atoms with E-state index < -0.39 is 11.9 Å². The molecule has 1 heterocycles. The van der Waals surface area contributed by atoms with Crippen LogP contribution in [0.5, 0.6) is 0 Å². The SMILES string of the molecule is CCOC(=O)C(C=O)c1ccc(N2CCCCCC2)cc1. The summed E-state index contributed by atoms with van der Waals surface area (Å²) in [7, 11) is 0. The normalized spacial score (nSPS) is 16.9. The fourth-order valence-electron chi connectivity index (χ4n) is 2.72.